The van der Waals surface area contributed by atoms with Crippen molar-refractivity contribution in [1.29, 1.82) is 0 Å². The van der Waals surface area contributed by atoms with Crippen molar-refractivity contribution in [2.45, 2.75) is 20.5 Å². The minimum absolute atomic E-state index is 0.0688. The fraction of sp³-hybridized carbons (Fsp3) is 0.150. The van der Waals surface area contributed by atoms with Gasteiger partial charge < -0.3 is 9.30 Å². The van der Waals surface area contributed by atoms with E-state index in [-0.39, 0.29) is 18.2 Å². The van der Waals surface area contributed by atoms with Crippen LogP contribution >= 0.6 is 0 Å². The monoisotopic (exact) mass is 341 g/mol. The molecule has 0 atom stereocenters. The van der Waals surface area contributed by atoms with Gasteiger partial charge in [-0.25, -0.2) is 13.6 Å². The Hall–Kier alpha value is -2.95. The van der Waals surface area contributed by atoms with Gasteiger partial charge in [0, 0.05) is 17.1 Å². The number of ether oxygens (including phenoxy) is 1. The van der Waals surface area contributed by atoms with Crippen LogP contribution in [-0.4, -0.2) is 10.5 Å². The van der Waals surface area contributed by atoms with Crippen molar-refractivity contribution in [2.75, 3.05) is 0 Å². The molecule has 0 saturated heterocycles. The molecule has 3 aromatic rings. The van der Waals surface area contributed by atoms with E-state index in [1.54, 1.807) is 30.3 Å². The molecule has 1 heterocycles. The molecule has 0 spiro atoms. The van der Waals surface area contributed by atoms with Gasteiger partial charge >= 0.3 is 5.97 Å². The van der Waals surface area contributed by atoms with Crippen LogP contribution in [0.4, 0.5) is 8.78 Å². The van der Waals surface area contributed by atoms with Crippen LogP contribution in [0.1, 0.15) is 27.3 Å². The number of benzene rings is 2. The molecule has 5 heteroatoms. The summed E-state index contributed by atoms with van der Waals surface area (Å²) in [7, 11) is 0. The third-order valence-electron chi connectivity index (χ3n) is 4.02. The molecule has 1 aromatic heterocycles. The summed E-state index contributed by atoms with van der Waals surface area (Å²) < 4.78 is 33.2. The van der Waals surface area contributed by atoms with E-state index in [4.69, 9.17) is 4.74 Å². The number of hydrogen-bond donors (Lipinski definition) is 0. The number of carbonyl (C=O) groups excluding carboxylic acids is 1. The number of aromatic nitrogens is 1. The van der Waals surface area contributed by atoms with Crippen molar-refractivity contribution in [3.63, 3.8) is 0 Å². The van der Waals surface area contributed by atoms with Gasteiger partial charge in [0.05, 0.1) is 5.56 Å². The van der Waals surface area contributed by atoms with Crippen LogP contribution in [0.25, 0.3) is 5.69 Å². The SMILES string of the molecule is Cc1cc(C(=O)OCc2ccc(F)cc2)c(C)n1-c1ccc(F)cc1. The number of nitrogens with zero attached hydrogens (tertiary/aromatic N) is 1. The van der Waals surface area contributed by atoms with Crippen LogP contribution in [0.2, 0.25) is 0 Å². The summed E-state index contributed by atoms with van der Waals surface area (Å²) in [6.07, 6.45) is 0. The lowest BCUT2D eigenvalue weighted by molar-refractivity contribution is 0.0472. The smallest absolute Gasteiger partial charge is 0.340 e. The molecule has 0 bridgehead atoms. The van der Waals surface area contributed by atoms with Gasteiger partial charge in [-0.3, -0.25) is 0 Å². The summed E-state index contributed by atoms with van der Waals surface area (Å²) in [5.41, 5.74) is 3.49. The third kappa shape index (κ3) is 3.60. The Morgan fingerprint density at radius 2 is 1.52 bits per heavy atom. The van der Waals surface area contributed by atoms with Crippen LogP contribution in [0, 0.1) is 25.5 Å². The zero-order valence-electron chi connectivity index (χ0n) is 13.9. The fourth-order valence-corrected chi connectivity index (χ4v) is 2.76. The molecule has 0 fully saturated rings. The highest BCUT2D eigenvalue weighted by atomic mass is 19.1. The Morgan fingerprint density at radius 1 is 0.960 bits per heavy atom. The number of carbonyl (C=O) groups is 1. The molecule has 0 aliphatic heterocycles. The molecule has 0 aliphatic carbocycles. The predicted octanol–water partition coefficient (Wildman–Crippen LogP) is 4.73. The average molecular weight is 341 g/mol. The van der Waals surface area contributed by atoms with E-state index in [1.807, 2.05) is 18.4 Å². The normalized spacial score (nSPS) is 10.7. The average Bonchev–Trinajstić information content (AvgIpc) is 2.90. The molecule has 128 valence electrons. The van der Waals surface area contributed by atoms with Gasteiger partial charge in [0.2, 0.25) is 0 Å². The molecule has 0 N–H and O–H groups in total. The summed E-state index contributed by atoms with van der Waals surface area (Å²) in [5, 5.41) is 0. The van der Waals surface area contributed by atoms with Crippen molar-refractivity contribution in [3.8, 4) is 5.69 Å². The Balaban J connectivity index is 1.80. The first-order valence-corrected chi connectivity index (χ1v) is 7.82. The molecule has 0 saturated carbocycles. The maximum Gasteiger partial charge on any atom is 0.340 e. The summed E-state index contributed by atoms with van der Waals surface area (Å²) in [6, 6.07) is 13.6. The van der Waals surface area contributed by atoms with E-state index < -0.39 is 5.97 Å². The maximum atomic E-state index is 13.1. The molecular weight excluding hydrogens is 324 g/mol. The van der Waals surface area contributed by atoms with Gasteiger partial charge in [-0.1, -0.05) is 12.1 Å². The molecule has 0 amide bonds. The quantitative estimate of drug-likeness (QED) is 0.643. The topological polar surface area (TPSA) is 31.2 Å². The van der Waals surface area contributed by atoms with Crippen LogP contribution in [0.15, 0.2) is 54.6 Å². The van der Waals surface area contributed by atoms with Crippen molar-refractivity contribution in [3.05, 3.63) is 88.7 Å². The van der Waals surface area contributed by atoms with Crippen LogP contribution in [0.5, 0.6) is 0 Å². The second kappa shape index (κ2) is 6.89. The summed E-state index contributed by atoms with van der Waals surface area (Å²) in [5.74, 6) is -1.10. The summed E-state index contributed by atoms with van der Waals surface area (Å²) in [6.45, 7) is 3.75. The highest BCUT2D eigenvalue weighted by molar-refractivity contribution is 5.91. The fourth-order valence-electron chi connectivity index (χ4n) is 2.76. The van der Waals surface area contributed by atoms with Gasteiger partial charge in [0.25, 0.3) is 0 Å². The highest BCUT2D eigenvalue weighted by Crippen LogP contribution is 2.22. The Bertz CT molecular complexity index is 897. The molecular formula is C20H17F2NO2. The second-order valence-electron chi connectivity index (χ2n) is 5.80. The lowest BCUT2D eigenvalue weighted by Gasteiger charge is -2.10. The van der Waals surface area contributed by atoms with E-state index in [1.165, 1.54) is 24.3 Å². The van der Waals surface area contributed by atoms with Crippen molar-refractivity contribution >= 4 is 5.97 Å². The number of aryl methyl sites for hydroxylation is 1. The van der Waals surface area contributed by atoms with Crippen LogP contribution in [-0.2, 0) is 11.3 Å². The second-order valence-corrected chi connectivity index (χ2v) is 5.80. The van der Waals surface area contributed by atoms with Crippen molar-refractivity contribution < 1.29 is 18.3 Å². The zero-order chi connectivity index (χ0) is 18.0. The standard InChI is InChI=1S/C20H17F2NO2/c1-13-11-19(14(2)23(13)18-9-7-17(22)8-10-18)20(24)25-12-15-3-5-16(21)6-4-15/h3-11H,12H2,1-2H3. The van der Waals surface area contributed by atoms with Gasteiger partial charge in [-0.05, 0) is 61.9 Å². The minimum atomic E-state index is -0.453. The van der Waals surface area contributed by atoms with Gasteiger partial charge in [0.15, 0.2) is 0 Å². The highest BCUT2D eigenvalue weighted by Gasteiger charge is 2.18. The van der Waals surface area contributed by atoms with E-state index in [0.29, 0.717) is 16.8 Å². The van der Waals surface area contributed by atoms with Gasteiger partial charge in [-0.15, -0.1) is 0 Å². The molecule has 0 radical (unpaired) electrons. The van der Waals surface area contributed by atoms with Crippen LogP contribution < -0.4 is 0 Å². The van der Waals surface area contributed by atoms with Crippen LogP contribution in [0.3, 0.4) is 0 Å². The van der Waals surface area contributed by atoms with Crippen molar-refractivity contribution in [1.82, 2.24) is 4.57 Å². The van der Waals surface area contributed by atoms with Gasteiger partial charge in [0.1, 0.15) is 18.2 Å². The third-order valence-corrected chi connectivity index (χ3v) is 4.02. The Labute approximate surface area is 144 Å². The summed E-state index contributed by atoms with van der Waals surface area (Å²) in [4.78, 5) is 12.4. The minimum Gasteiger partial charge on any atom is -0.457 e. The first kappa shape index (κ1) is 16.9. The molecule has 0 aliphatic rings. The molecule has 2 aromatic carbocycles. The number of halogens is 2. The zero-order valence-corrected chi connectivity index (χ0v) is 13.9. The van der Waals surface area contributed by atoms with E-state index in [2.05, 4.69) is 0 Å². The number of hydrogen-bond acceptors (Lipinski definition) is 2. The number of rotatable bonds is 4. The molecule has 3 rings (SSSR count). The van der Waals surface area contributed by atoms with Crippen molar-refractivity contribution in [2.24, 2.45) is 0 Å². The predicted molar refractivity (Wildman–Crippen MR) is 90.7 cm³/mol. The number of esters is 1. The Kier molecular flexibility index (Phi) is 4.65. The maximum absolute atomic E-state index is 13.1. The first-order chi connectivity index (χ1) is 12.0. The largest absolute Gasteiger partial charge is 0.457 e. The lowest BCUT2D eigenvalue weighted by atomic mass is 10.2. The molecule has 3 nitrogen and oxygen atoms in total. The van der Waals surface area contributed by atoms with E-state index >= 15 is 0 Å². The van der Waals surface area contributed by atoms with E-state index in [0.717, 1.165) is 11.4 Å². The first-order valence-electron chi connectivity index (χ1n) is 7.82. The molecule has 25 heavy (non-hydrogen) atoms. The van der Waals surface area contributed by atoms with Gasteiger partial charge in [-0.2, -0.15) is 0 Å². The lowest BCUT2D eigenvalue weighted by Crippen LogP contribution is -2.07. The molecule has 0 unspecified atom stereocenters. The summed E-state index contributed by atoms with van der Waals surface area (Å²) >= 11 is 0. The Morgan fingerprint density at radius 3 is 2.12 bits per heavy atom. The van der Waals surface area contributed by atoms with E-state index in [9.17, 15) is 13.6 Å².